The van der Waals surface area contributed by atoms with Gasteiger partial charge in [0.05, 0.1) is 11.7 Å². The molecule has 1 rings (SSSR count). The Morgan fingerprint density at radius 2 is 2.07 bits per heavy atom. The zero-order valence-corrected chi connectivity index (χ0v) is 7.75. The number of benzene rings is 1. The van der Waals surface area contributed by atoms with Crippen molar-refractivity contribution < 1.29 is 18.3 Å². The summed E-state index contributed by atoms with van der Waals surface area (Å²) < 4.78 is 36.9. The Morgan fingerprint density at radius 1 is 1.40 bits per heavy atom. The number of halogens is 3. The van der Waals surface area contributed by atoms with Gasteiger partial charge in [0.25, 0.3) is 0 Å². The molecule has 0 fully saturated rings. The van der Waals surface area contributed by atoms with Gasteiger partial charge in [-0.1, -0.05) is 12.1 Å². The first-order valence-electron chi connectivity index (χ1n) is 4.24. The van der Waals surface area contributed by atoms with Crippen LogP contribution >= 0.6 is 0 Å². The predicted octanol–water partition coefficient (Wildman–Crippen LogP) is 2.76. The molecule has 0 aliphatic rings. The minimum atomic E-state index is -4.40. The zero-order valence-electron chi connectivity index (χ0n) is 7.75. The summed E-state index contributed by atoms with van der Waals surface area (Å²) in [5.74, 6) is 2.19. The first-order valence-corrected chi connectivity index (χ1v) is 4.24. The highest BCUT2D eigenvalue weighted by Gasteiger charge is 2.30. The highest BCUT2D eigenvalue weighted by molar-refractivity contribution is 5.27. The first kappa shape index (κ1) is 11.6. The predicted molar refractivity (Wildman–Crippen MR) is 49.9 cm³/mol. The maximum absolute atomic E-state index is 12.3. The van der Waals surface area contributed by atoms with Gasteiger partial charge in [0, 0.05) is 6.42 Å². The van der Waals surface area contributed by atoms with Crippen LogP contribution in [0.5, 0.6) is 0 Å². The number of aliphatic hydroxyl groups is 1. The molecule has 0 aromatic heterocycles. The van der Waals surface area contributed by atoms with Gasteiger partial charge in [0.2, 0.25) is 0 Å². The van der Waals surface area contributed by atoms with Gasteiger partial charge in [-0.3, -0.25) is 0 Å². The van der Waals surface area contributed by atoms with Gasteiger partial charge in [-0.25, -0.2) is 0 Å². The van der Waals surface area contributed by atoms with Crippen LogP contribution in [0.2, 0.25) is 0 Å². The molecule has 0 radical (unpaired) electrons. The van der Waals surface area contributed by atoms with Crippen LogP contribution in [0.3, 0.4) is 0 Å². The summed E-state index contributed by atoms with van der Waals surface area (Å²) in [5, 5.41) is 9.40. The Bertz CT molecular complexity index is 376. The van der Waals surface area contributed by atoms with E-state index in [4.69, 9.17) is 6.42 Å². The molecular weight excluding hydrogens is 205 g/mol. The fourth-order valence-corrected chi connectivity index (χ4v) is 1.15. The van der Waals surface area contributed by atoms with Crippen molar-refractivity contribution in [2.75, 3.05) is 0 Å². The average molecular weight is 214 g/mol. The molecule has 1 atom stereocenters. The fourth-order valence-electron chi connectivity index (χ4n) is 1.15. The summed E-state index contributed by atoms with van der Waals surface area (Å²) in [5.41, 5.74) is -0.598. The number of rotatable bonds is 2. The van der Waals surface area contributed by atoms with E-state index in [0.717, 1.165) is 12.1 Å². The highest BCUT2D eigenvalue weighted by atomic mass is 19.4. The van der Waals surface area contributed by atoms with Gasteiger partial charge in [0.15, 0.2) is 0 Å². The van der Waals surface area contributed by atoms with Crippen LogP contribution in [0, 0.1) is 12.3 Å². The van der Waals surface area contributed by atoms with E-state index in [2.05, 4.69) is 5.92 Å². The quantitative estimate of drug-likeness (QED) is 0.750. The number of hydrogen-bond donors (Lipinski definition) is 1. The zero-order chi connectivity index (χ0) is 11.5. The fraction of sp³-hybridized carbons (Fsp3) is 0.273. The van der Waals surface area contributed by atoms with Crippen LogP contribution < -0.4 is 0 Å². The first-order chi connectivity index (χ1) is 6.95. The molecule has 0 amide bonds. The van der Waals surface area contributed by atoms with E-state index in [-0.39, 0.29) is 12.0 Å². The van der Waals surface area contributed by atoms with Crippen molar-refractivity contribution in [2.45, 2.75) is 18.7 Å². The van der Waals surface area contributed by atoms with Crippen molar-refractivity contribution in [1.29, 1.82) is 0 Å². The molecule has 1 aromatic rings. The van der Waals surface area contributed by atoms with Gasteiger partial charge in [-0.05, 0) is 17.7 Å². The van der Waals surface area contributed by atoms with Crippen LogP contribution in [0.15, 0.2) is 24.3 Å². The Hall–Kier alpha value is -1.47. The van der Waals surface area contributed by atoms with Crippen LogP contribution in [-0.2, 0) is 6.18 Å². The van der Waals surface area contributed by atoms with Crippen LogP contribution in [0.1, 0.15) is 23.7 Å². The molecule has 1 aromatic carbocycles. The van der Waals surface area contributed by atoms with Crippen molar-refractivity contribution in [3.63, 3.8) is 0 Å². The Labute approximate surface area is 85.5 Å². The molecule has 0 saturated carbocycles. The second-order valence-electron chi connectivity index (χ2n) is 3.05. The molecule has 1 unspecified atom stereocenters. The summed E-state index contributed by atoms with van der Waals surface area (Å²) in [4.78, 5) is 0. The van der Waals surface area contributed by atoms with Crippen molar-refractivity contribution in [2.24, 2.45) is 0 Å². The Kier molecular flexibility index (Phi) is 3.38. The molecule has 1 N–H and O–H groups in total. The van der Waals surface area contributed by atoms with Gasteiger partial charge >= 0.3 is 6.18 Å². The molecular formula is C11H9F3O. The standard InChI is InChI=1S/C11H9F3O/c1-2-4-10(15)8-5-3-6-9(7-8)11(12,13)14/h1,3,5-7,10,15H,4H2. The highest BCUT2D eigenvalue weighted by Crippen LogP contribution is 2.31. The van der Waals surface area contributed by atoms with Crippen molar-refractivity contribution >= 4 is 0 Å². The molecule has 0 bridgehead atoms. The summed E-state index contributed by atoms with van der Waals surface area (Å²) in [6.07, 6.45) is -0.481. The molecule has 4 heteroatoms. The third kappa shape index (κ3) is 3.00. The van der Waals surface area contributed by atoms with Gasteiger partial charge in [-0.15, -0.1) is 12.3 Å². The molecule has 0 aliphatic heterocycles. The largest absolute Gasteiger partial charge is 0.416 e. The molecule has 80 valence electrons. The third-order valence-corrected chi connectivity index (χ3v) is 1.91. The SMILES string of the molecule is C#CCC(O)c1cccc(C(F)(F)F)c1. The van der Waals surface area contributed by atoms with E-state index in [9.17, 15) is 18.3 Å². The lowest BCUT2D eigenvalue weighted by Gasteiger charge is -2.11. The van der Waals surface area contributed by atoms with E-state index >= 15 is 0 Å². The number of terminal acetylenes is 1. The van der Waals surface area contributed by atoms with Crippen LogP contribution in [0.4, 0.5) is 13.2 Å². The normalized spacial score (nSPS) is 13.3. The lowest BCUT2D eigenvalue weighted by atomic mass is 10.0. The number of aliphatic hydroxyl groups excluding tert-OH is 1. The second-order valence-corrected chi connectivity index (χ2v) is 3.05. The molecule has 15 heavy (non-hydrogen) atoms. The number of hydrogen-bond acceptors (Lipinski definition) is 1. The maximum atomic E-state index is 12.3. The third-order valence-electron chi connectivity index (χ3n) is 1.91. The molecule has 0 spiro atoms. The summed E-state index contributed by atoms with van der Waals surface area (Å²) in [7, 11) is 0. The van der Waals surface area contributed by atoms with Crippen molar-refractivity contribution in [3.05, 3.63) is 35.4 Å². The van der Waals surface area contributed by atoms with E-state index in [1.54, 1.807) is 0 Å². The minimum Gasteiger partial charge on any atom is -0.387 e. The number of alkyl halides is 3. The molecule has 0 aliphatic carbocycles. The van der Waals surface area contributed by atoms with Crippen LogP contribution in [0.25, 0.3) is 0 Å². The summed E-state index contributed by atoms with van der Waals surface area (Å²) in [6.45, 7) is 0. The molecule has 0 saturated heterocycles. The second kappa shape index (κ2) is 4.37. The Balaban J connectivity index is 2.99. The smallest absolute Gasteiger partial charge is 0.387 e. The van der Waals surface area contributed by atoms with Gasteiger partial charge in [0.1, 0.15) is 0 Å². The lowest BCUT2D eigenvalue weighted by Crippen LogP contribution is -2.06. The van der Waals surface area contributed by atoms with E-state index in [1.165, 1.54) is 12.1 Å². The van der Waals surface area contributed by atoms with Crippen molar-refractivity contribution in [3.8, 4) is 12.3 Å². The van der Waals surface area contributed by atoms with Gasteiger partial charge in [-0.2, -0.15) is 13.2 Å². The minimum absolute atomic E-state index is 0.00130. The lowest BCUT2D eigenvalue weighted by molar-refractivity contribution is -0.137. The Morgan fingerprint density at radius 3 is 2.60 bits per heavy atom. The van der Waals surface area contributed by atoms with E-state index < -0.39 is 17.8 Å². The molecule has 0 heterocycles. The van der Waals surface area contributed by atoms with Gasteiger partial charge < -0.3 is 5.11 Å². The molecule has 1 nitrogen and oxygen atoms in total. The summed E-state index contributed by atoms with van der Waals surface area (Å²) >= 11 is 0. The van der Waals surface area contributed by atoms with E-state index in [1.807, 2.05) is 0 Å². The van der Waals surface area contributed by atoms with E-state index in [0.29, 0.717) is 0 Å². The summed E-state index contributed by atoms with van der Waals surface area (Å²) in [6, 6.07) is 4.52. The van der Waals surface area contributed by atoms with Crippen LogP contribution in [-0.4, -0.2) is 5.11 Å². The monoisotopic (exact) mass is 214 g/mol. The maximum Gasteiger partial charge on any atom is 0.416 e. The van der Waals surface area contributed by atoms with Crippen molar-refractivity contribution in [1.82, 2.24) is 0 Å². The average Bonchev–Trinajstić information content (AvgIpc) is 2.17. The topological polar surface area (TPSA) is 20.2 Å².